The molecule has 2 heterocycles. The van der Waals surface area contributed by atoms with Crippen LogP contribution in [0.2, 0.25) is 0 Å². The molecule has 0 aliphatic carbocycles. The predicted molar refractivity (Wildman–Crippen MR) is 117 cm³/mol. The third-order valence-electron chi connectivity index (χ3n) is 5.65. The largest absolute Gasteiger partial charge is 0.341 e. The number of nitrogens with one attached hydrogen (secondary N) is 2. The average Bonchev–Trinajstić information content (AvgIpc) is 2.98. The second-order valence-corrected chi connectivity index (χ2v) is 7.95. The molecular formula is C23H29N5O. The summed E-state index contributed by atoms with van der Waals surface area (Å²) in [7, 11) is 0. The van der Waals surface area contributed by atoms with Crippen molar-refractivity contribution in [2.75, 3.05) is 38.0 Å². The molecule has 0 saturated carbocycles. The summed E-state index contributed by atoms with van der Waals surface area (Å²) in [4.78, 5) is 25.2. The van der Waals surface area contributed by atoms with E-state index < -0.39 is 0 Å². The highest BCUT2D eigenvalue weighted by molar-refractivity contribution is 5.92. The Kier molecular flexibility index (Phi) is 5.92. The second kappa shape index (κ2) is 8.76. The van der Waals surface area contributed by atoms with Crippen LogP contribution in [0.1, 0.15) is 23.4 Å². The zero-order valence-electron chi connectivity index (χ0n) is 17.2. The fraction of sp³-hybridized carbons (Fsp3) is 0.391. The number of hydrogen-bond acceptors (Lipinski definition) is 4. The predicted octanol–water partition coefficient (Wildman–Crippen LogP) is 3.33. The first-order valence-corrected chi connectivity index (χ1v) is 10.3. The van der Waals surface area contributed by atoms with Crippen molar-refractivity contribution < 1.29 is 4.79 Å². The van der Waals surface area contributed by atoms with Crippen molar-refractivity contribution in [3.05, 3.63) is 59.4 Å². The number of anilines is 1. The van der Waals surface area contributed by atoms with Gasteiger partial charge in [-0.1, -0.05) is 18.2 Å². The molecule has 6 heteroatoms. The standard InChI is InChI=1S/C23H29N5O/c1-17-8-9-19(14-18(17)2)24-23(29)16-28-11-5-10-27(12-13-28)15-22-25-20-6-3-4-7-21(20)26-22/h3-4,6-9,14H,5,10-13,15-16H2,1-2H3,(H,24,29)(H,25,26). The smallest absolute Gasteiger partial charge is 0.238 e. The molecule has 6 nitrogen and oxygen atoms in total. The van der Waals surface area contributed by atoms with E-state index in [2.05, 4.69) is 45.0 Å². The van der Waals surface area contributed by atoms with Crippen LogP contribution in [0, 0.1) is 13.8 Å². The molecule has 152 valence electrons. The second-order valence-electron chi connectivity index (χ2n) is 7.95. The lowest BCUT2D eigenvalue weighted by atomic mass is 10.1. The summed E-state index contributed by atoms with van der Waals surface area (Å²) < 4.78 is 0. The fourth-order valence-corrected chi connectivity index (χ4v) is 3.86. The quantitative estimate of drug-likeness (QED) is 0.700. The van der Waals surface area contributed by atoms with E-state index in [1.807, 2.05) is 36.4 Å². The number of amides is 1. The van der Waals surface area contributed by atoms with Crippen LogP contribution in [0.25, 0.3) is 11.0 Å². The zero-order valence-corrected chi connectivity index (χ0v) is 17.2. The van der Waals surface area contributed by atoms with Crippen LogP contribution in [-0.2, 0) is 11.3 Å². The molecular weight excluding hydrogens is 362 g/mol. The Hall–Kier alpha value is -2.70. The van der Waals surface area contributed by atoms with Crippen molar-refractivity contribution in [3.63, 3.8) is 0 Å². The van der Waals surface area contributed by atoms with Gasteiger partial charge in [0, 0.05) is 18.8 Å². The molecule has 0 radical (unpaired) electrons. The van der Waals surface area contributed by atoms with E-state index in [-0.39, 0.29) is 5.91 Å². The molecule has 1 saturated heterocycles. The molecule has 0 bridgehead atoms. The topological polar surface area (TPSA) is 64.3 Å². The van der Waals surface area contributed by atoms with Crippen LogP contribution < -0.4 is 5.32 Å². The third kappa shape index (κ3) is 5.02. The van der Waals surface area contributed by atoms with E-state index in [4.69, 9.17) is 0 Å². The maximum atomic E-state index is 12.5. The van der Waals surface area contributed by atoms with Crippen molar-refractivity contribution in [3.8, 4) is 0 Å². The summed E-state index contributed by atoms with van der Waals surface area (Å²) >= 11 is 0. The normalized spacial score (nSPS) is 16.1. The van der Waals surface area contributed by atoms with Gasteiger partial charge < -0.3 is 10.3 Å². The number of imidazole rings is 1. The number of nitrogens with zero attached hydrogens (tertiary/aromatic N) is 3. The van der Waals surface area contributed by atoms with Gasteiger partial charge in [-0.2, -0.15) is 0 Å². The van der Waals surface area contributed by atoms with E-state index in [1.54, 1.807) is 0 Å². The van der Waals surface area contributed by atoms with Crippen molar-refractivity contribution in [1.29, 1.82) is 0 Å². The molecule has 1 fully saturated rings. The van der Waals surface area contributed by atoms with Crippen LogP contribution in [0.15, 0.2) is 42.5 Å². The Balaban J connectivity index is 1.29. The lowest BCUT2D eigenvalue weighted by Crippen LogP contribution is -2.36. The number of aromatic amines is 1. The van der Waals surface area contributed by atoms with Crippen molar-refractivity contribution >= 4 is 22.6 Å². The molecule has 1 aromatic heterocycles. The number of carbonyl (C=O) groups excluding carboxylic acids is 1. The number of aromatic nitrogens is 2. The van der Waals surface area contributed by atoms with Crippen LogP contribution >= 0.6 is 0 Å². The van der Waals surface area contributed by atoms with Gasteiger partial charge in [0.25, 0.3) is 0 Å². The number of benzene rings is 2. The van der Waals surface area contributed by atoms with Gasteiger partial charge in [0.15, 0.2) is 0 Å². The van der Waals surface area contributed by atoms with Gasteiger partial charge in [0.05, 0.1) is 24.1 Å². The Labute approximate surface area is 171 Å². The fourth-order valence-electron chi connectivity index (χ4n) is 3.86. The summed E-state index contributed by atoms with van der Waals surface area (Å²) in [5.74, 6) is 1.06. The van der Waals surface area contributed by atoms with E-state index in [1.165, 1.54) is 11.1 Å². The van der Waals surface area contributed by atoms with Gasteiger partial charge in [-0.15, -0.1) is 0 Å². The van der Waals surface area contributed by atoms with Crippen molar-refractivity contribution in [2.45, 2.75) is 26.8 Å². The first kappa shape index (κ1) is 19.6. The number of para-hydroxylation sites is 2. The molecule has 0 unspecified atom stereocenters. The average molecular weight is 392 g/mol. The third-order valence-corrected chi connectivity index (χ3v) is 5.65. The number of hydrogen-bond donors (Lipinski definition) is 2. The lowest BCUT2D eigenvalue weighted by Gasteiger charge is -2.21. The first-order chi connectivity index (χ1) is 14.1. The van der Waals surface area contributed by atoms with Crippen LogP contribution in [0.3, 0.4) is 0 Å². The summed E-state index contributed by atoms with van der Waals surface area (Å²) in [6.07, 6.45) is 1.05. The van der Waals surface area contributed by atoms with Gasteiger partial charge in [0.1, 0.15) is 5.82 Å². The van der Waals surface area contributed by atoms with Crippen LogP contribution in [0.5, 0.6) is 0 Å². The monoisotopic (exact) mass is 391 g/mol. The summed E-state index contributed by atoms with van der Waals surface area (Å²) in [6.45, 7) is 9.19. The molecule has 0 atom stereocenters. The van der Waals surface area contributed by atoms with Gasteiger partial charge in [-0.05, 0) is 68.8 Å². The molecule has 3 aromatic rings. The molecule has 4 rings (SSSR count). The van der Waals surface area contributed by atoms with Gasteiger partial charge in [0.2, 0.25) is 5.91 Å². The van der Waals surface area contributed by atoms with Crippen LogP contribution in [0.4, 0.5) is 5.69 Å². The zero-order chi connectivity index (χ0) is 20.2. The van der Waals surface area contributed by atoms with Crippen molar-refractivity contribution in [2.24, 2.45) is 0 Å². The van der Waals surface area contributed by atoms with E-state index in [0.717, 1.165) is 61.7 Å². The minimum Gasteiger partial charge on any atom is -0.341 e. The summed E-state index contributed by atoms with van der Waals surface area (Å²) in [5, 5.41) is 3.03. The molecule has 0 spiro atoms. The Morgan fingerprint density at radius 2 is 1.83 bits per heavy atom. The number of rotatable bonds is 5. The minimum absolute atomic E-state index is 0.0546. The summed E-state index contributed by atoms with van der Waals surface area (Å²) in [6, 6.07) is 14.2. The molecule has 2 aromatic carbocycles. The summed E-state index contributed by atoms with van der Waals surface area (Å²) in [5.41, 5.74) is 5.40. The van der Waals surface area contributed by atoms with Gasteiger partial charge in [-0.3, -0.25) is 14.6 Å². The highest BCUT2D eigenvalue weighted by atomic mass is 16.2. The number of fused-ring (bicyclic) bond motifs is 1. The number of H-pyrrole nitrogens is 1. The Bertz CT molecular complexity index is 963. The highest BCUT2D eigenvalue weighted by Gasteiger charge is 2.18. The van der Waals surface area contributed by atoms with Gasteiger partial charge >= 0.3 is 0 Å². The van der Waals surface area contributed by atoms with E-state index >= 15 is 0 Å². The maximum Gasteiger partial charge on any atom is 0.238 e. The number of aryl methyl sites for hydroxylation is 2. The molecule has 1 aliphatic heterocycles. The van der Waals surface area contributed by atoms with E-state index in [0.29, 0.717) is 6.54 Å². The molecule has 2 N–H and O–H groups in total. The lowest BCUT2D eigenvalue weighted by molar-refractivity contribution is -0.117. The number of carbonyl (C=O) groups is 1. The van der Waals surface area contributed by atoms with Crippen LogP contribution in [-0.4, -0.2) is 58.4 Å². The van der Waals surface area contributed by atoms with Gasteiger partial charge in [-0.25, -0.2) is 4.98 Å². The molecule has 1 aliphatic rings. The molecule has 29 heavy (non-hydrogen) atoms. The minimum atomic E-state index is 0.0546. The first-order valence-electron chi connectivity index (χ1n) is 10.3. The molecule has 1 amide bonds. The van der Waals surface area contributed by atoms with E-state index in [9.17, 15) is 4.79 Å². The highest BCUT2D eigenvalue weighted by Crippen LogP contribution is 2.15. The Morgan fingerprint density at radius 1 is 1.03 bits per heavy atom. The maximum absolute atomic E-state index is 12.5. The Morgan fingerprint density at radius 3 is 2.66 bits per heavy atom. The SMILES string of the molecule is Cc1ccc(NC(=O)CN2CCCN(Cc3nc4ccccc4[nH]3)CC2)cc1C. The van der Waals surface area contributed by atoms with Crippen molar-refractivity contribution in [1.82, 2.24) is 19.8 Å².